The van der Waals surface area contributed by atoms with Gasteiger partial charge >= 0.3 is 12.1 Å². The number of fused-ring (bicyclic) bond motifs is 1. The molecule has 2 aromatic carbocycles. The minimum atomic E-state index is -0.665. The van der Waals surface area contributed by atoms with Crippen molar-refractivity contribution in [1.29, 1.82) is 0 Å². The Balaban J connectivity index is 1.85. The number of carbonyl (C=O) groups excluding carboxylic acids is 3. The molecule has 0 saturated heterocycles. The van der Waals surface area contributed by atoms with Crippen LogP contribution < -0.4 is 16.1 Å². The first-order valence-electron chi connectivity index (χ1n) is 11.1. The minimum absolute atomic E-state index is 0.0577. The summed E-state index contributed by atoms with van der Waals surface area (Å²) in [6.45, 7) is 6.73. The van der Waals surface area contributed by atoms with Gasteiger partial charge in [0.25, 0.3) is 0 Å². The molecular formula is C25H32N4O5. The van der Waals surface area contributed by atoms with E-state index in [1.54, 1.807) is 32.0 Å². The lowest BCUT2D eigenvalue weighted by Gasteiger charge is -2.28. The molecule has 0 radical (unpaired) electrons. The fourth-order valence-corrected chi connectivity index (χ4v) is 3.72. The summed E-state index contributed by atoms with van der Waals surface area (Å²) in [5.74, 6) is -0.757. The van der Waals surface area contributed by atoms with Gasteiger partial charge in [0, 0.05) is 19.5 Å². The van der Waals surface area contributed by atoms with Crippen LogP contribution in [0.3, 0.4) is 0 Å². The normalized spacial score (nSPS) is 16.3. The summed E-state index contributed by atoms with van der Waals surface area (Å²) >= 11 is 0. The number of benzene rings is 2. The maximum atomic E-state index is 12.5. The Morgan fingerprint density at radius 1 is 1.12 bits per heavy atom. The highest BCUT2D eigenvalue weighted by molar-refractivity contribution is 5.83. The molecule has 0 spiro atoms. The maximum Gasteiger partial charge on any atom is 0.426 e. The van der Waals surface area contributed by atoms with Crippen molar-refractivity contribution in [2.24, 2.45) is 0 Å². The second kappa shape index (κ2) is 10.5. The highest BCUT2D eigenvalue weighted by atomic mass is 16.6. The van der Waals surface area contributed by atoms with Crippen LogP contribution in [0.5, 0.6) is 0 Å². The van der Waals surface area contributed by atoms with E-state index in [4.69, 9.17) is 9.47 Å². The van der Waals surface area contributed by atoms with Crippen LogP contribution in [-0.2, 0) is 25.5 Å². The Kier molecular flexibility index (Phi) is 7.65. The number of esters is 1. The number of nitrogens with one attached hydrogen (secondary N) is 3. The average molecular weight is 469 g/mol. The molecule has 182 valence electrons. The molecule has 2 amide bonds. The quantitative estimate of drug-likeness (QED) is 0.536. The average Bonchev–Trinajstić information content (AvgIpc) is 3.13. The van der Waals surface area contributed by atoms with Crippen LogP contribution in [0.1, 0.15) is 39.7 Å². The lowest BCUT2D eigenvalue weighted by Crippen LogP contribution is -2.50. The van der Waals surface area contributed by atoms with Crippen LogP contribution in [0.15, 0.2) is 54.4 Å². The Morgan fingerprint density at radius 3 is 2.47 bits per heavy atom. The van der Waals surface area contributed by atoms with Crippen molar-refractivity contribution in [2.75, 3.05) is 7.11 Å². The fraction of sp³-hybridized carbons (Fsp3) is 0.400. The van der Waals surface area contributed by atoms with Gasteiger partial charge in [0.05, 0.1) is 25.3 Å². The van der Waals surface area contributed by atoms with Gasteiger partial charge in [-0.05, 0) is 37.1 Å². The molecule has 1 heterocycles. The largest absolute Gasteiger partial charge is 0.469 e. The first kappa shape index (κ1) is 24.9. The van der Waals surface area contributed by atoms with Crippen LogP contribution >= 0.6 is 0 Å². The van der Waals surface area contributed by atoms with Gasteiger partial charge in [-0.2, -0.15) is 0 Å². The summed E-state index contributed by atoms with van der Waals surface area (Å²) in [4.78, 5) is 36.2. The SMILES string of the molecule is COC(=O)CC(NC(C)=O)C1=CN(NC(=O)OC(C)(C)C)C(Cc2ccc3ccccc3c2)N1. The molecule has 1 aliphatic rings. The molecule has 0 fully saturated rings. The molecule has 2 unspecified atom stereocenters. The second-order valence-corrected chi connectivity index (χ2v) is 9.18. The number of hydrazine groups is 1. The summed E-state index contributed by atoms with van der Waals surface area (Å²) in [5, 5.41) is 9.95. The van der Waals surface area contributed by atoms with Crippen LogP contribution in [0.25, 0.3) is 10.8 Å². The third-order valence-electron chi connectivity index (χ3n) is 5.16. The number of hydrogen-bond donors (Lipinski definition) is 3. The first-order valence-corrected chi connectivity index (χ1v) is 11.1. The van der Waals surface area contributed by atoms with Gasteiger partial charge in [-0.1, -0.05) is 42.5 Å². The van der Waals surface area contributed by atoms with Gasteiger partial charge in [0.1, 0.15) is 11.8 Å². The molecule has 9 heteroatoms. The van der Waals surface area contributed by atoms with Crippen LogP contribution in [0.4, 0.5) is 4.79 Å². The molecule has 34 heavy (non-hydrogen) atoms. The smallest absolute Gasteiger partial charge is 0.426 e. The number of hydrogen-bond acceptors (Lipinski definition) is 7. The zero-order valence-electron chi connectivity index (χ0n) is 20.2. The number of amides is 2. The Labute approximate surface area is 199 Å². The van der Waals surface area contributed by atoms with E-state index in [-0.39, 0.29) is 18.5 Å². The van der Waals surface area contributed by atoms with Gasteiger partial charge < -0.3 is 20.1 Å². The summed E-state index contributed by atoms with van der Waals surface area (Å²) in [5.41, 5.74) is 3.71. The Hall–Kier alpha value is -3.75. The Morgan fingerprint density at radius 2 is 1.82 bits per heavy atom. The second-order valence-electron chi connectivity index (χ2n) is 9.18. The third-order valence-corrected chi connectivity index (χ3v) is 5.16. The minimum Gasteiger partial charge on any atom is -0.469 e. The zero-order chi connectivity index (χ0) is 24.9. The predicted molar refractivity (Wildman–Crippen MR) is 128 cm³/mol. The van der Waals surface area contributed by atoms with E-state index in [0.717, 1.165) is 16.3 Å². The van der Waals surface area contributed by atoms with Gasteiger partial charge in [-0.3, -0.25) is 14.6 Å². The van der Waals surface area contributed by atoms with E-state index >= 15 is 0 Å². The van der Waals surface area contributed by atoms with Crippen molar-refractivity contribution in [1.82, 2.24) is 21.1 Å². The number of rotatable bonds is 7. The van der Waals surface area contributed by atoms with E-state index in [0.29, 0.717) is 12.1 Å². The predicted octanol–water partition coefficient (Wildman–Crippen LogP) is 2.96. The van der Waals surface area contributed by atoms with Crippen molar-refractivity contribution < 1.29 is 23.9 Å². The molecule has 1 aliphatic heterocycles. The topological polar surface area (TPSA) is 109 Å². The Bertz CT molecular complexity index is 1090. The van der Waals surface area contributed by atoms with Gasteiger partial charge in [-0.25, -0.2) is 10.2 Å². The molecule has 0 bridgehead atoms. The van der Waals surface area contributed by atoms with Crippen molar-refractivity contribution in [2.45, 2.75) is 58.3 Å². The lowest BCUT2D eigenvalue weighted by atomic mass is 10.0. The molecule has 3 N–H and O–H groups in total. The molecule has 0 aliphatic carbocycles. The van der Waals surface area contributed by atoms with Crippen LogP contribution in [-0.4, -0.2) is 47.9 Å². The summed E-state index contributed by atoms with van der Waals surface area (Å²) in [6, 6.07) is 13.6. The third kappa shape index (κ3) is 6.87. The van der Waals surface area contributed by atoms with Gasteiger partial charge in [-0.15, -0.1) is 0 Å². The van der Waals surface area contributed by atoms with E-state index < -0.39 is 23.7 Å². The molecule has 2 aromatic rings. The number of methoxy groups -OCH3 is 1. The summed E-state index contributed by atoms with van der Waals surface area (Å²) in [7, 11) is 1.29. The van der Waals surface area contributed by atoms with Crippen molar-refractivity contribution in [3.63, 3.8) is 0 Å². The summed E-state index contributed by atoms with van der Waals surface area (Å²) in [6.07, 6.45) is 1.15. The number of ether oxygens (including phenoxy) is 2. The fourth-order valence-electron chi connectivity index (χ4n) is 3.72. The number of nitrogens with zero attached hydrogens (tertiary/aromatic N) is 1. The molecule has 3 rings (SSSR count). The lowest BCUT2D eigenvalue weighted by molar-refractivity contribution is -0.141. The molecular weight excluding hydrogens is 436 g/mol. The van der Waals surface area contributed by atoms with Crippen LogP contribution in [0.2, 0.25) is 0 Å². The monoisotopic (exact) mass is 468 g/mol. The molecule has 2 atom stereocenters. The van der Waals surface area contributed by atoms with Gasteiger partial charge in [0.2, 0.25) is 5.91 Å². The standard InChI is InChI=1S/C25H32N4O5/c1-16(30)26-20(14-23(31)33-5)21-15-29(28-24(32)34-25(2,3)4)22(27-21)13-17-10-11-18-8-6-7-9-19(18)12-17/h6-12,15,20,22,27H,13-14H2,1-5H3,(H,26,30)(H,28,32). The van der Waals surface area contributed by atoms with E-state index in [2.05, 4.69) is 28.2 Å². The molecule has 9 nitrogen and oxygen atoms in total. The highest BCUT2D eigenvalue weighted by Gasteiger charge is 2.32. The number of carbonyl (C=O) groups is 3. The molecule has 0 saturated carbocycles. The van der Waals surface area contributed by atoms with Crippen molar-refractivity contribution in [3.05, 3.63) is 59.9 Å². The maximum absolute atomic E-state index is 12.5. The van der Waals surface area contributed by atoms with E-state index in [9.17, 15) is 14.4 Å². The molecule has 0 aromatic heterocycles. The van der Waals surface area contributed by atoms with E-state index in [1.165, 1.54) is 14.0 Å². The van der Waals surface area contributed by atoms with Gasteiger partial charge in [0.15, 0.2) is 0 Å². The summed E-state index contributed by atoms with van der Waals surface area (Å²) < 4.78 is 10.2. The van der Waals surface area contributed by atoms with Crippen molar-refractivity contribution in [3.8, 4) is 0 Å². The highest BCUT2D eigenvalue weighted by Crippen LogP contribution is 2.21. The first-order chi connectivity index (χ1) is 16.0. The zero-order valence-corrected chi connectivity index (χ0v) is 20.2. The van der Waals surface area contributed by atoms with Crippen LogP contribution in [0, 0.1) is 0 Å². The van der Waals surface area contributed by atoms with E-state index in [1.807, 2.05) is 30.3 Å². The van der Waals surface area contributed by atoms with Crippen molar-refractivity contribution >= 4 is 28.7 Å².